The second kappa shape index (κ2) is 32.3. The van der Waals surface area contributed by atoms with Crippen LogP contribution in [0.5, 0.6) is 0 Å². The number of fused-ring (bicyclic) bond motifs is 1. The van der Waals surface area contributed by atoms with E-state index in [1.165, 1.54) is 81.3 Å². The minimum absolute atomic E-state index is 0.0166. The van der Waals surface area contributed by atoms with E-state index in [4.69, 9.17) is 11.6 Å². The highest BCUT2D eigenvalue weighted by molar-refractivity contribution is 6.31. The van der Waals surface area contributed by atoms with Gasteiger partial charge in [-0.15, -0.1) is 0 Å². The molecule has 0 unspecified atom stereocenters. The molecule has 2 heterocycles. The number of benzene rings is 2. The largest absolute Gasteiger partial charge is 0.417 e. The smallest absolute Gasteiger partial charge is 0.351 e. The van der Waals surface area contributed by atoms with Crippen LogP contribution in [0.4, 0.5) is 17.6 Å². The van der Waals surface area contributed by atoms with E-state index in [-0.39, 0.29) is 75.0 Å². The predicted octanol–water partition coefficient (Wildman–Crippen LogP) is 4.58. The van der Waals surface area contributed by atoms with Crippen LogP contribution in [-0.4, -0.2) is 216 Å². The average molecular weight is 1300 g/mol. The molecule has 504 valence electrons. The fraction of sp³-hybridized carbons (Fsp3) is 0.641. The first kappa shape index (κ1) is 74.3. The summed E-state index contributed by atoms with van der Waals surface area (Å²) in [6, 6.07) is 0.0143. The Morgan fingerprint density at radius 2 is 1.30 bits per heavy atom. The van der Waals surface area contributed by atoms with Crippen molar-refractivity contribution in [3.8, 4) is 0 Å². The van der Waals surface area contributed by atoms with Gasteiger partial charge >= 0.3 is 6.18 Å². The molecule has 27 heteroatoms. The molecule has 1 aliphatic carbocycles. The lowest BCUT2D eigenvalue weighted by Gasteiger charge is -2.39. The summed E-state index contributed by atoms with van der Waals surface area (Å²) in [7, 11) is 8.10. The van der Waals surface area contributed by atoms with Crippen LogP contribution in [0.3, 0.4) is 0 Å². The molecule has 2 aromatic carbocycles. The lowest BCUT2D eigenvalue weighted by atomic mass is 9.92. The summed E-state index contributed by atoms with van der Waals surface area (Å²) in [4.78, 5) is 167. The number of likely N-dealkylation sites (N-methyl/N-ethyl adjacent to an activating group) is 6. The van der Waals surface area contributed by atoms with Crippen LogP contribution in [-0.2, 0) is 71.8 Å². The number of amides is 11. The number of carbonyl (C=O) groups excluding carboxylic acids is 11. The van der Waals surface area contributed by atoms with Gasteiger partial charge in [0.25, 0.3) is 0 Å². The average Bonchev–Trinajstić information content (AvgIpc) is 1.75. The Labute approximate surface area is 536 Å². The number of hydrogen-bond donors (Lipinski definition) is 4. The lowest BCUT2D eigenvalue weighted by molar-refractivity contribution is -0.149. The Morgan fingerprint density at radius 1 is 0.670 bits per heavy atom. The van der Waals surface area contributed by atoms with Gasteiger partial charge in [0.05, 0.1) is 30.2 Å². The first-order valence-corrected chi connectivity index (χ1v) is 31.5. The number of nitrogens with one attached hydrogen (secondary N) is 4. The number of carbonyl (C=O) groups is 11. The van der Waals surface area contributed by atoms with Crippen LogP contribution in [0, 0.1) is 23.6 Å². The van der Waals surface area contributed by atoms with E-state index in [1.807, 2.05) is 20.8 Å². The Balaban J connectivity index is 1.56. The van der Waals surface area contributed by atoms with Gasteiger partial charge in [-0.2, -0.15) is 13.2 Å². The minimum Gasteiger partial charge on any atom is -0.351 e. The SMILES string of the molecule is CC[C@H](C)[C@@H]1NC(=O)[C@H](CC(C)C)N(C)C(=O)C[C@@H](C)NC(=O)[C@H](C(C)C)N(C)C(=O)C2(CCCC2)NC(=O)[C@@H]2CCCN2C(=O)[C@H](CCc2ccc(C(F)(F)F)c(Cl)c2)NC(=O)CN(C)C(=O)[C@H](Cc2cccc(F)c2)N(C)C(=O)CN(C)C(=O)CN(C)C1=O. The van der Waals surface area contributed by atoms with Gasteiger partial charge in [-0.3, -0.25) is 52.7 Å². The van der Waals surface area contributed by atoms with Crippen LogP contribution in [0.2, 0.25) is 5.02 Å². The topological polar surface area (TPSA) is 259 Å². The highest BCUT2D eigenvalue weighted by atomic mass is 35.5. The van der Waals surface area contributed by atoms with Crippen molar-refractivity contribution < 1.29 is 70.3 Å². The van der Waals surface area contributed by atoms with Crippen molar-refractivity contribution in [3.63, 3.8) is 0 Å². The molecule has 8 atom stereocenters. The number of halogens is 5. The monoisotopic (exact) mass is 1300 g/mol. The van der Waals surface area contributed by atoms with Gasteiger partial charge in [0.1, 0.15) is 47.6 Å². The third-order valence-corrected chi connectivity index (χ3v) is 18.0. The standard InChI is InChI=1S/C64H92ClF4N11O11/c1-14-39(6)54-61(90)76(10)35-52(83)74(8)36-53(84)78(12)49(33-42-19-17-20-43(66)31-42)60(89)75(9)34-50(81)71-46(25-23-41-22-24-44(45(65)32-41)64(67,68)69)59(88)80-28-18-21-47(80)57(86)73-63(26-15-16-27-63)62(91)79(13)55(38(4)5)58(87)70-40(7)30-51(82)77(11)48(29-37(2)3)56(85)72-54/h17,19-20,22,24,31-32,37-40,46-49,54-55H,14-16,18,21,23,25-30,33-36H2,1-13H3,(H,70,87)(H,71,81)(H,72,85)(H,73,86)/t39-,40+,46-,47-,48-,49-,54-,55-/m0/s1. The third-order valence-electron chi connectivity index (χ3n) is 17.7. The number of hydrogen-bond acceptors (Lipinski definition) is 11. The van der Waals surface area contributed by atoms with E-state index >= 15 is 0 Å². The molecule has 3 fully saturated rings. The molecule has 0 bridgehead atoms. The van der Waals surface area contributed by atoms with Gasteiger partial charge in [0, 0.05) is 67.7 Å². The maximum absolute atomic E-state index is 15.0. The molecule has 2 aliphatic heterocycles. The Kier molecular flexibility index (Phi) is 26.4. The van der Waals surface area contributed by atoms with E-state index in [1.54, 1.807) is 27.7 Å². The predicted molar refractivity (Wildman–Crippen MR) is 331 cm³/mol. The summed E-state index contributed by atoms with van der Waals surface area (Å²) >= 11 is 6.09. The second-order valence-electron chi connectivity index (χ2n) is 25.7. The van der Waals surface area contributed by atoms with E-state index in [9.17, 15) is 70.3 Å². The molecule has 0 radical (unpaired) electrons. The van der Waals surface area contributed by atoms with Gasteiger partial charge in [-0.25, -0.2) is 4.39 Å². The van der Waals surface area contributed by atoms with Crippen LogP contribution in [0.25, 0.3) is 0 Å². The van der Waals surface area contributed by atoms with E-state index in [0.717, 1.165) is 37.8 Å². The van der Waals surface area contributed by atoms with Crippen molar-refractivity contribution in [2.24, 2.45) is 17.8 Å². The zero-order chi connectivity index (χ0) is 68.1. The Hall–Kier alpha value is -7.38. The quantitative estimate of drug-likeness (QED) is 0.240. The Morgan fingerprint density at radius 3 is 1.89 bits per heavy atom. The van der Waals surface area contributed by atoms with Crippen molar-refractivity contribution in [3.05, 3.63) is 70.0 Å². The summed E-state index contributed by atoms with van der Waals surface area (Å²) < 4.78 is 55.9. The normalized spacial score (nSPS) is 24.9. The van der Waals surface area contributed by atoms with Gasteiger partial charge in [0.15, 0.2) is 0 Å². The summed E-state index contributed by atoms with van der Waals surface area (Å²) in [5, 5.41) is 10.8. The highest BCUT2D eigenvalue weighted by Crippen LogP contribution is 2.36. The number of aryl methyl sites for hydroxylation is 1. The van der Waals surface area contributed by atoms with Crippen LogP contribution < -0.4 is 21.3 Å². The highest BCUT2D eigenvalue weighted by Gasteiger charge is 2.49. The summed E-state index contributed by atoms with van der Waals surface area (Å²) in [5.74, 6) is -9.37. The van der Waals surface area contributed by atoms with Crippen LogP contribution >= 0.6 is 11.6 Å². The molecule has 91 heavy (non-hydrogen) atoms. The summed E-state index contributed by atoms with van der Waals surface area (Å²) in [6.07, 6.45) is -3.23. The zero-order valence-corrected chi connectivity index (χ0v) is 55.4. The van der Waals surface area contributed by atoms with Gasteiger partial charge < -0.3 is 55.6 Å². The molecule has 0 aromatic heterocycles. The summed E-state index contributed by atoms with van der Waals surface area (Å²) in [6.45, 7) is 10.4. The first-order chi connectivity index (χ1) is 42.5. The molecule has 22 nitrogen and oxygen atoms in total. The molecule has 5 rings (SSSR count). The van der Waals surface area contributed by atoms with Crippen LogP contribution in [0.15, 0.2) is 42.5 Å². The molecule has 11 amide bonds. The van der Waals surface area contributed by atoms with E-state index in [2.05, 4.69) is 21.3 Å². The summed E-state index contributed by atoms with van der Waals surface area (Å²) in [5.41, 5.74) is -2.07. The molecule has 1 spiro atoms. The Bertz CT molecular complexity index is 3000. The molecule has 4 N–H and O–H groups in total. The van der Waals surface area contributed by atoms with Gasteiger partial charge in [-0.05, 0) is 105 Å². The third kappa shape index (κ3) is 19.3. The lowest BCUT2D eigenvalue weighted by Crippen LogP contribution is -2.64. The minimum atomic E-state index is -4.77. The molecular formula is C64H92ClF4N11O11. The van der Waals surface area contributed by atoms with Crippen molar-refractivity contribution >= 4 is 76.6 Å². The van der Waals surface area contributed by atoms with Crippen molar-refractivity contribution in [2.75, 3.05) is 68.5 Å². The van der Waals surface area contributed by atoms with Crippen molar-refractivity contribution in [2.45, 2.75) is 180 Å². The molecule has 3 aliphatic rings. The number of rotatable bonds is 10. The molecule has 2 saturated heterocycles. The molecule has 1 saturated carbocycles. The second-order valence-corrected chi connectivity index (χ2v) is 26.1. The zero-order valence-electron chi connectivity index (χ0n) is 54.6. The van der Waals surface area contributed by atoms with Crippen molar-refractivity contribution in [1.82, 2.24) is 55.6 Å². The van der Waals surface area contributed by atoms with Gasteiger partial charge in [0.2, 0.25) is 65.0 Å². The van der Waals surface area contributed by atoms with E-state index < -0.39 is 167 Å². The number of alkyl halides is 3. The maximum Gasteiger partial charge on any atom is 0.417 e. The van der Waals surface area contributed by atoms with E-state index in [0.29, 0.717) is 25.7 Å². The van der Waals surface area contributed by atoms with Crippen molar-refractivity contribution in [1.29, 1.82) is 0 Å². The molecule has 2 aromatic rings. The fourth-order valence-electron chi connectivity index (χ4n) is 12.2. The van der Waals surface area contributed by atoms with Crippen LogP contribution in [0.1, 0.15) is 129 Å². The fourth-order valence-corrected chi connectivity index (χ4v) is 12.5. The molecular weight excluding hydrogens is 1210 g/mol. The maximum atomic E-state index is 15.0. The number of nitrogens with zero attached hydrogens (tertiary/aromatic N) is 7. The first-order valence-electron chi connectivity index (χ1n) is 31.2. The van der Waals surface area contributed by atoms with Gasteiger partial charge in [-0.1, -0.05) is 90.6 Å².